The van der Waals surface area contributed by atoms with E-state index < -0.39 is 0 Å². The lowest BCUT2D eigenvalue weighted by Crippen LogP contribution is -2.25. The minimum absolute atomic E-state index is 0.533. The molecule has 2 aromatic carbocycles. The Bertz CT molecular complexity index is 950. The Labute approximate surface area is 165 Å². The number of methoxy groups -OCH3 is 2. The van der Waals surface area contributed by atoms with Crippen molar-refractivity contribution in [1.82, 2.24) is 15.0 Å². The summed E-state index contributed by atoms with van der Waals surface area (Å²) in [7, 11) is 3.37. The largest absolute Gasteiger partial charge is 0.497 e. The first-order chi connectivity index (χ1) is 13.7. The zero-order valence-electron chi connectivity index (χ0n) is 16.5. The van der Waals surface area contributed by atoms with Crippen LogP contribution in [0.4, 0.5) is 0 Å². The van der Waals surface area contributed by atoms with E-state index in [0.717, 1.165) is 29.2 Å². The molecule has 6 nitrogen and oxygen atoms in total. The van der Waals surface area contributed by atoms with Crippen LogP contribution in [0, 0.1) is 6.92 Å². The molecule has 28 heavy (non-hydrogen) atoms. The Morgan fingerprint density at radius 2 is 1.93 bits per heavy atom. The Balaban J connectivity index is 1.53. The molecule has 0 N–H and O–H groups in total. The van der Waals surface area contributed by atoms with Crippen LogP contribution >= 0.6 is 0 Å². The SMILES string of the molecule is COc1ccc(OC)c(CN(Cc2nc(-c3cccc(C)c3)no2)C2CC2)c1. The topological polar surface area (TPSA) is 60.6 Å². The molecule has 0 aliphatic heterocycles. The molecule has 1 heterocycles. The van der Waals surface area contributed by atoms with Gasteiger partial charge in [0.1, 0.15) is 11.5 Å². The van der Waals surface area contributed by atoms with Gasteiger partial charge in [0.25, 0.3) is 0 Å². The zero-order chi connectivity index (χ0) is 19.5. The number of ether oxygens (including phenoxy) is 2. The van der Waals surface area contributed by atoms with E-state index in [1.807, 2.05) is 30.3 Å². The molecule has 3 aromatic rings. The van der Waals surface area contributed by atoms with Crippen molar-refractivity contribution < 1.29 is 14.0 Å². The van der Waals surface area contributed by atoms with Crippen LogP contribution < -0.4 is 9.47 Å². The monoisotopic (exact) mass is 379 g/mol. The molecular formula is C22H25N3O3. The second-order valence-corrected chi connectivity index (χ2v) is 7.20. The van der Waals surface area contributed by atoms with Crippen molar-refractivity contribution in [1.29, 1.82) is 0 Å². The molecule has 0 radical (unpaired) electrons. The van der Waals surface area contributed by atoms with Gasteiger partial charge in [0.15, 0.2) is 0 Å². The van der Waals surface area contributed by atoms with Gasteiger partial charge in [-0.15, -0.1) is 0 Å². The van der Waals surface area contributed by atoms with Gasteiger partial charge in [0.2, 0.25) is 11.7 Å². The summed E-state index contributed by atoms with van der Waals surface area (Å²) in [6.07, 6.45) is 2.37. The van der Waals surface area contributed by atoms with Crippen LogP contribution in [0.15, 0.2) is 47.0 Å². The highest BCUT2D eigenvalue weighted by molar-refractivity contribution is 5.55. The predicted molar refractivity (Wildman–Crippen MR) is 106 cm³/mol. The fourth-order valence-corrected chi connectivity index (χ4v) is 3.37. The summed E-state index contributed by atoms with van der Waals surface area (Å²) >= 11 is 0. The third-order valence-electron chi connectivity index (χ3n) is 5.01. The lowest BCUT2D eigenvalue weighted by molar-refractivity contribution is 0.207. The molecule has 1 saturated carbocycles. The highest BCUT2D eigenvalue weighted by atomic mass is 16.5. The van der Waals surface area contributed by atoms with Gasteiger partial charge in [0, 0.05) is 23.7 Å². The molecule has 0 saturated heterocycles. The van der Waals surface area contributed by atoms with Crippen LogP contribution in [-0.2, 0) is 13.1 Å². The van der Waals surface area contributed by atoms with E-state index in [1.54, 1.807) is 14.2 Å². The number of hydrogen-bond acceptors (Lipinski definition) is 6. The minimum Gasteiger partial charge on any atom is -0.497 e. The molecule has 0 amide bonds. The van der Waals surface area contributed by atoms with Gasteiger partial charge >= 0.3 is 0 Å². The summed E-state index contributed by atoms with van der Waals surface area (Å²) < 4.78 is 16.5. The van der Waals surface area contributed by atoms with Gasteiger partial charge in [0.05, 0.1) is 20.8 Å². The first kappa shape index (κ1) is 18.5. The summed E-state index contributed by atoms with van der Waals surface area (Å²) in [5.74, 6) is 2.95. The van der Waals surface area contributed by atoms with E-state index in [4.69, 9.17) is 14.0 Å². The summed E-state index contributed by atoms with van der Waals surface area (Å²) in [6.45, 7) is 3.41. The van der Waals surface area contributed by atoms with Crippen molar-refractivity contribution in [2.75, 3.05) is 14.2 Å². The van der Waals surface area contributed by atoms with E-state index in [0.29, 0.717) is 24.3 Å². The third kappa shape index (κ3) is 4.17. The van der Waals surface area contributed by atoms with Gasteiger partial charge in [-0.2, -0.15) is 4.98 Å². The average Bonchev–Trinajstić information content (AvgIpc) is 3.46. The standard InChI is InChI=1S/C22H25N3O3/c1-15-5-4-6-16(11-15)22-23-21(28-24-22)14-25(18-7-8-18)13-17-12-19(26-2)9-10-20(17)27-3/h4-6,9-12,18H,7-8,13-14H2,1-3H3. The maximum Gasteiger partial charge on any atom is 0.241 e. The van der Waals surface area contributed by atoms with Crippen LogP contribution in [0.3, 0.4) is 0 Å². The summed E-state index contributed by atoms with van der Waals surface area (Å²) in [6, 6.07) is 14.5. The Morgan fingerprint density at radius 3 is 2.64 bits per heavy atom. The van der Waals surface area contributed by atoms with Crippen LogP contribution in [0.25, 0.3) is 11.4 Å². The molecule has 0 atom stereocenters. The smallest absolute Gasteiger partial charge is 0.241 e. The molecule has 0 spiro atoms. The van der Waals surface area contributed by atoms with Crippen LogP contribution in [0.5, 0.6) is 11.5 Å². The number of aryl methyl sites for hydroxylation is 1. The van der Waals surface area contributed by atoms with Crippen molar-refractivity contribution in [3.8, 4) is 22.9 Å². The molecule has 0 bridgehead atoms. The molecule has 1 aliphatic rings. The van der Waals surface area contributed by atoms with E-state index in [2.05, 4.69) is 34.1 Å². The quantitative estimate of drug-likeness (QED) is 0.584. The average molecular weight is 379 g/mol. The van der Waals surface area contributed by atoms with Crippen molar-refractivity contribution in [2.24, 2.45) is 0 Å². The van der Waals surface area contributed by atoms with Gasteiger partial charge in [-0.05, 0) is 44.0 Å². The van der Waals surface area contributed by atoms with Crippen LogP contribution in [0.2, 0.25) is 0 Å². The molecule has 4 rings (SSSR count). The number of rotatable bonds is 8. The zero-order valence-corrected chi connectivity index (χ0v) is 16.5. The van der Waals surface area contributed by atoms with Gasteiger partial charge < -0.3 is 14.0 Å². The fraction of sp³-hybridized carbons (Fsp3) is 0.364. The molecule has 0 unspecified atom stereocenters. The Kier molecular flexibility index (Phi) is 5.30. The molecule has 6 heteroatoms. The molecular weight excluding hydrogens is 354 g/mol. The van der Waals surface area contributed by atoms with Crippen molar-refractivity contribution in [2.45, 2.75) is 38.9 Å². The first-order valence-electron chi connectivity index (χ1n) is 9.51. The molecule has 1 fully saturated rings. The maximum absolute atomic E-state index is 5.55. The van der Waals surface area contributed by atoms with E-state index >= 15 is 0 Å². The van der Waals surface area contributed by atoms with E-state index in [1.165, 1.54) is 18.4 Å². The molecule has 1 aliphatic carbocycles. The Morgan fingerprint density at radius 1 is 1.07 bits per heavy atom. The molecule has 1 aromatic heterocycles. The van der Waals surface area contributed by atoms with Crippen molar-refractivity contribution in [3.63, 3.8) is 0 Å². The van der Waals surface area contributed by atoms with Gasteiger partial charge in [-0.25, -0.2) is 0 Å². The second kappa shape index (κ2) is 8.02. The van der Waals surface area contributed by atoms with Gasteiger partial charge in [-0.3, -0.25) is 4.90 Å². The number of nitrogens with zero attached hydrogens (tertiary/aromatic N) is 3. The fourth-order valence-electron chi connectivity index (χ4n) is 3.37. The number of aromatic nitrogens is 2. The highest BCUT2D eigenvalue weighted by Gasteiger charge is 2.31. The van der Waals surface area contributed by atoms with Crippen molar-refractivity contribution >= 4 is 0 Å². The van der Waals surface area contributed by atoms with E-state index in [9.17, 15) is 0 Å². The van der Waals surface area contributed by atoms with E-state index in [-0.39, 0.29) is 0 Å². The third-order valence-corrected chi connectivity index (χ3v) is 5.01. The summed E-state index contributed by atoms with van der Waals surface area (Å²) in [5, 5.41) is 4.17. The first-order valence-corrected chi connectivity index (χ1v) is 9.51. The summed E-state index contributed by atoms with van der Waals surface area (Å²) in [5.41, 5.74) is 3.24. The number of benzene rings is 2. The molecule has 146 valence electrons. The minimum atomic E-state index is 0.533. The van der Waals surface area contributed by atoms with Crippen LogP contribution in [-0.4, -0.2) is 35.3 Å². The Hall–Kier alpha value is -2.86. The van der Waals surface area contributed by atoms with Crippen LogP contribution in [0.1, 0.15) is 29.9 Å². The van der Waals surface area contributed by atoms with Gasteiger partial charge in [-0.1, -0.05) is 28.9 Å². The van der Waals surface area contributed by atoms with Crippen molar-refractivity contribution in [3.05, 3.63) is 59.5 Å². The highest BCUT2D eigenvalue weighted by Crippen LogP contribution is 2.33. The lowest BCUT2D eigenvalue weighted by atomic mass is 10.1. The number of hydrogen-bond donors (Lipinski definition) is 0. The second-order valence-electron chi connectivity index (χ2n) is 7.20. The predicted octanol–water partition coefficient (Wildman–Crippen LogP) is 4.23. The summed E-state index contributed by atoms with van der Waals surface area (Å²) in [4.78, 5) is 6.98. The normalized spacial score (nSPS) is 13.7. The maximum atomic E-state index is 5.55. The lowest BCUT2D eigenvalue weighted by Gasteiger charge is -2.21.